The van der Waals surface area contributed by atoms with Crippen LogP contribution in [0.3, 0.4) is 0 Å². The molecule has 0 heterocycles. The third-order valence-electron chi connectivity index (χ3n) is 10.00. The lowest BCUT2D eigenvalue weighted by Crippen LogP contribution is -2.37. The number of hydrogen-bond acceptors (Lipinski definition) is 6. The Kier molecular flexibility index (Phi) is 39.1. The van der Waals surface area contributed by atoms with Crippen LogP contribution in [0.5, 0.6) is 0 Å². The van der Waals surface area contributed by atoms with Crippen molar-refractivity contribution in [3.05, 3.63) is 24.3 Å². The standard InChI is InChI=1S/C46H90NO7P/c1-6-8-10-12-14-16-18-20-22-23-24-25-26-27-29-31-33-35-37-39-46(48)54-45(44-53-55(49,50)52-42-40-47(3,4)5)43-51-41-38-36-34-32-30-28-21-19-17-15-13-11-9-7-2/h11,13,17,19,45H,6-10,12,14-16,18,20-44H2,1-5H3/p+1/b13-11-,19-17-. The van der Waals surface area contributed by atoms with Crippen molar-refractivity contribution < 1.29 is 37.3 Å². The van der Waals surface area contributed by atoms with Crippen molar-refractivity contribution in [2.45, 2.75) is 213 Å². The average Bonchev–Trinajstić information content (AvgIpc) is 3.13. The summed E-state index contributed by atoms with van der Waals surface area (Å²) in [6.45, 7) is 5.57. The number of phosphoric ester groups is 1. The van der Waals surface area contributed by atoms with E-state index in [0.717, 1.165) is 44.9 Å². The number of allylic oxidation sites excluding steroid dienone is 4. The first-order chi connectivity index (χ1) is 26.6. The van der Waals surface area contributed by atoms with E-state index in [9.17, 15) is 14.3 Å². The lowest BCUT2D eigenvalue weighted by atomic mass is 10.0. The van der Waals surface area contributed by atoms with Gasteiger partial charge >= 0.3 is 13.8 Å². The molecule has 0 radical (unpaired) electrons. The molecule has 2 unspecified atom stereocenters. The maximum atomic E-state index is 12.7. The van der Waals surface area contributed by atoms with Gasteiger partial charge in [0.15, 0.2) is 0 Å². The molecule has 0 saturated heterocycles. The second kappa shape index (κ2) is 39.8. The number of carbonyl (C=O) groups is 1. The van der Waals surface area contributed by atoms with E-state index in [1.54, 1.807) is 0 Å². The molecule has 2 atom stereocenters. The topological polar surface area (TPSA) is 91.3 Å². The number of hydrogen-bond donors (Lipinski definition) is 1. The molecule has 0 aliphatic heterocycles. The number of nitrogens with zero attached hydrogens (tertiary/aromatic N) is 1. The molecule has 55 heavy (non-hydrogen) atoms. The van der Waals surface area contributed by atoms with Crippen molar-refractivity contribution in [2.75, 3.05) is 54.1 Å². The van der Waals surface area contributed by atoms with Crippen LogP contribution in [0.15, 0.2) is 24.3 Å². The minimum atomic E-state index is -4.27. The Hall–Kier alpha value is -1.02. The number of rotatable bonds is 43. The van der Waals surface area contributed by atoms with Crippen LogP contribution in [-0.4, -0.2) is 75.6 Å². The summed E-state index contributed by atoms with van der Waals surface area (Å²) < 4.78 is 35.0. The number of unbranched alkanes of at least 4 members (excludes halogenated alkanes) is 25. The fourth-order valence-electron chi connectivity index (χ4n) is 6.41. The number of phosphoric acid groups is 1. The molecule has 0 spiro atoms. The van der Waals surface area contributed by atoms with E-state index in [4.69, 9.17) is 18.5 Å². The Morgan fingerprint density at radius 2 is 1.04 bits per heavy atom. The van der Waals surface area contributed by atoms with Crippen molar-refractivity contribution >= 4 is 13.8 Å². The van der Waals surface area contributed by atoms with E-state index in [0.29, 0.717) is 24.1 Å². The lowest BCUT2D eigenvalue weighted by Gasteiger charge is -2.24. The largest absolute Gasteiger partial charge is 0.472 e. The second-order valence-electron chi connectivity index (χ2n) is 16.8. The normalized spacial score (nSPS) is 13.9. The molecule has 0 saturated carbocycles. The molecule has 0 amide bonds. The molecule has 8 nitrogen and oxygen atoms in total. The first-order valence-electron chi connectivity index (χ1n) is 23.1. The van der Waals surface area contributed by atoms with Gasteiger partial charge in [-0.05, 0) is 38.5 Å². The summed E-state index contributed by atoms with van der Waals surface area (Å²) in [7, 11) is 1.67. The SMILES string of the molecule is CCC/C=C\C/C=C\CCCCCCCCOCC(COP(=O)(O)OCC[N+](C)(C)C)OC(=O)CCCCCCCCCCCCCCCCCCCCC. The summed E-state index contributed by atoms with van der Waals surface area (Å²) >= 11 is 0. The Bertz CT molecular complexity index is 936. The number of esters is 1. The van der Waals surface area contributed by atoms with Gasteiger partial charge in [0.05, 0.1) is 34.4 Å². The zero-order chi connectivity index (χ0) is 40.6. The minimum absolute atomic E-state index is 0.0883. The van der Waals surface area contributed by atoms with Crippen LogP contribution in [0.4, 0.5) is 0 Å². The molecule has 0 aliphatic rings. The zero-order valence-corrected chi connectivity index (χ0v) is 37.8. The van der Waals surface area contributed by atoms with E-state index in [1.807, 2.05) is 21.1 Å². The van der Waals surface area contributed by atoms with Gasteiger partial charge in [0, 0.05) is 13.0 Å². The summed E-state index contributed by atoms with van der Waals surface area (Å²) in [5.74, 6) is -0.314. The van der Waals surface area contributed by atoms with Crippen LogP contribution in [0, 0.1) is 0 Å². The van der Waals surface area contributed by atoms with E-state index < -0.39 is 13.9 Å². The lowest BCUT2D eigenvalue weighted by molar-refractivity contribution is -0.870. The molecule has 0 aromatic carbocycles. The predicted molar refractivity (Wildman–Crippen MR) is 233 cm³/mol. The Balaban J connectivity index is 4.17. The summed E-state index contributed by atoms with van der Waals surface area (Å²) in [4.78, 5) is 22.9. The minimum Gasteiger partial charge on any atom is -0.457 e. The van der Waals surface area contributed by atoms with Crippen LogP contribution >= 0.6 is 7.82 Å². The number of carbonyl (C=O) groups excluding carboxylic acids is 1. The predicted octanol–water partition coefficient (Wildman–Crippen LogP) is 13.6. The van der Waals surface area contributed by atoms with Gasteiger partial charge < -0.3 is 18.9 Å². The molecule has 326 valence electrons. The first-order valence-corrected chi connectivity index (χ1v) is 24.6. The number of likely N-dealkylation sites (N-methyl/N-ethyl adjacent to an activating group) is 1. The monoisotopic (exact) mass is 801 g/mol. The van der Waals surface area contributed by atoms with Crippen molar-refractivity contribution in [3.8, 4) is 0 Å². The molecule has 1 N–H and O–H groups in total. The fraction of sp³-hybridized carbons (Fsp3) is 0.891. The highest BCUT2D eigenvalue weighted by molar-refractivity contribution is 7.47. The van der Waals surface area contributed by atoms with E-state index in [1.165, 1.54) is 141 Å². The Morgan fingerprint density at radius 3 is 1.55 bits per heavy atom. The van der Waals surface area contributed by atoms with Crippen LogP contribution < -0.4 is 0 Å². The molecule has 9 heteroatoms. The van der Waals surface area contributed by atoms with Crippen LogP contribution in [0.2, 0.25) is 0 Å². The van der Waals surface area contributed by atoms with Gasteiger partial charge in [0.1, 0.15) is 19.3 Å². The Labute approximate surface area is 341 Å². The van der Waals surface area contributed by atoms with Gasteiger partial charge in [-0.25, -0.2) is 4.57 Å². The van der Waals surface area contributed by atoms with Gasteiger partial charge in [-0.1, -0.05) is 186 Å². The Morgan fingerprint density at radius 1 is 0.564 bits per heavy atom. The number of ether oxygens (including phenoxy) is 2. The van der Waals surface area contributed by atoms with Gasteiger partial charge in [-0.3, -0.25) is 13.8 Å². The number of quaternary nitrogens is 1. The first kappa shape index (κ1) is 54.0. The van der Waals surface area contributed by atoms with Gasteiger partial charge in [-0.2, -0.15) is 0 Å². The van der Waals surface area contributed by atoms with E-state index >= 15 is 0 Å². The summed E-state index contributed by atoms with van der Waals surface area (Å²) in [6, 6.07) is 0. The van der Waals surface area contributed by atoms with E-state index in [2.05, 4.69) is 38.2 Å². The van der Waals surface area contributed by atoms with Crippen LogP contribution in [0.1, 0.15) is 206 Å². The summed E-state index contributed by atoms with van der Waals surface area (Å²) in [5.41, 5.74) is 0. The highest BCUT2D eigenvalue weighted by atomic mass is 31.2. The van der Waals surface area contributed by atoms with Gasteiger partial charge in [0.2, 0.25) is 0 Å². The maximum Gasteiger partial charge on any atom is 0.472 e. The van der Waals surface area contributed by atoms with E-state index in [-0.39, 0.29) is 25.8 Å². The third-order valence-corrected chi connectivity index (χ3v) is 11.0. The maximum absolute atomic E-state index is 12.7. The van der Waals surface area contributed by atoms with Crippen molar-refractivity contribution in [2.24, 2.45) is 0 Å². The molecular formula is C46H91NO7P+. The van der Waals surface area contributed by atoms with Gasteiger partial charge in [-0.15, -0.1) is 0 Å². The molecule has 0 aliphatic carbocycles. The van der Waals surface area contributed by atoms with Gasteiger partial charge in [0.25, 0.3) is 0 Å². The quantitative estimate of drug-likeness (QED) is 0.0216. The smallest absolute Gasteiger partial charge is 0.457 e. The van der Waals surface area contributed by atoms with Crippen molar-refractivity contribution in [1.82, 2.24) is 0 Å². The van der Waals surface area contributed by atoms with Crippen molar-refractivity contribution in [1.29, 1.82) is 0 Å². The summed E-state index contributed by atoms with van der Waals surface area (Å²) in [6.07, 6.45) is 45.0. The fourth-order valence-corrected chi connectivity index (χ4v) is 7.16. The highest BCUT2D eigenvalue weighted by Gasteiger charge is 2.26. The average molecular weight is 801 g/mol. The third kappa shape index (κ3) is 43.9. The molecule has 0 fully saturated rings. The molecule has 0 bridgehead atoms. The van der Waals surface area contributed by atoms with Crippen LogP contribution in [-0.2, 0) is 27.9 Å². The molecule has 0 rings (SSSR count). The van der Waals surface area contributed by atoms with Crippen LogP contribution in [0.25, 0.3) is 0 Å². The molecule has 0 aromatic heterocycles. The molecular weight excluding hydrogens is 709 g/mol. The van der Waals surface area contributed by atoms with Crippen molar-refractivity contribution in [3.63, 3.8) is 0 Å². The zero-order valence-electron chi connectivity index (χ0n) is 36.9. The molecule has 0 aromatic rings. The summed E-state index contributed by atoms with van der Waals surface area (Å²) in [5, 5.41) is 0. The highest BCUT2D eigenvalue weighted by Crippen LogP contribution is 2.43. The second-order valence-corrected chi connectivity index (χ2v) is 18.2.